The molecule has 0 spiro atoms. The molecule has 2 aromatic rings. The predicted molar refractivity (Wildman–Crippen MR) is 88.3 cm³/mol. The number of hydrogen-bond acceptors (Lipinski definition) is 2. The van der Waals surface area contributed by atoms with E-state index in [-0.39, 0.29) is 16.9 Å². The Balaban J connectivity index is 2.18. The number of H-pyrrole nitrogens is 1. The van der Waals surface area contributed by atoms with Gasteiger partial charge in [0.2, 0.25) is 0 Å². The molecule has 1 heterocycles. The highest BCUT2D eigenvalue weighted by Gasteiger charge is 2.27. The van der Waals surface area contributed by atoms with Crippen LogP contribution in [0.3, 0.4) is 0 Å². The number of anilines is 1. The van der Waals surface area contributed by atoms with Crippen molar-refractivity contribution >= 4 is 22.5 Å². The van der Waals surface area contributed by atoms with Crippen LogP contribution >= 0.6 is 0 Å². The molecule has 114 valence electrons. The van der Waals surface area contributed by atoms with Gasteiger partial charge >= 0.3 is 0 Å². The van der Waals surface area contributed by atoms with Crippen molar-refractivity contribution in [1.82, 2.24) is 10.3 Å². The molecular formula is C17H25N3O. The molecule has 1 amide bonds. The lowest BCUT2D eigenvalue weighted by atomic mass is 9.82. The first-order valence-corrected chi connectivity index (χ1v) is 7.27. The van der Waals surface area contributed by atoms with Crippen molar-refractivity contribution in [2.24, 2.45) is 5.41 Å². The van der Waals surface area contributed by atoms with E-state index in [1.54, 1.807) is 0 Å². The number of nitrogens with one attached hydrogen (secondary N) is 2. The fourth-order valence-corrected chi connectivity index (χ4v) is 3.02. The zero-order chi connectivity index (χ0) is 15.8. The molecule has 0 aliphatic carbocycles. The van der Waals surface area contributed by atoms with Gasteiger partial charge in [-0.3, -0.25) is 4.79 Å². The largest absolute Gasteiger partial charge is 0.399 e. The zero-order valence-corrected chi connectivity index (χ0v) is 13.5. The molecule has 0 fully saturated rings. The number of fused-ring (bicyclic) bond motifs is 1. The molecule has 0 radical (unpaired) electrons. The summed E-state index contributed by atoms with van der Waals surface area (Å²) in [6.07, 6.45) is 0.902. The maximum Gasteiger partial charge on any atom is 0.268 e. The van der Waals surface area contributed by atoms with Gasteiger partial charge in [0.25, 0.3) is 5.91 Å². The van der Waals surface area contributed by atoms with Gasteiger partial charge in [-0.15, -0.1) is 0 Å². The lowest BCUT2D eigenvalue weighted by Gasteiger charge is -2.33. The molecule has 2 rings (SSSR count). The number of nitrogens with two attached hydrogens (primary N) is 1. The summed E-state index contributed by atoms with van der Waals surface area (Å²) in [7, 11) is 0. The topological polar surface area (TPSA) is 70.9 Å². The first-order valence-electron chi connectivity index (χ1n) is 7.27. The molecule has 1 aromatic carbocycles. The lowest BCUT2D eigenvalue weighted by Crippen LogP contribution is -2.45. The van der Waals surface area contributed by atoms with Gasteiger partial charge in [-0.25, -0.2) is 0 Å². The fourth-order valence-electron chi connectivity index (χ4n) is 3.02. The molecule has 0 bridgehead atoms. The minimum Gasteiger partial charge on any atom is -0.399 e. The maximum absolute atomic E-state index is 12.4. The first-order chi connectivity index (χ1) is 9.56. The third kappa shape index (κ3) is 4.00. The molecule has 0 atom stereocenters. The summed E-state index contributed by atoms with van der Waals surface area (Å²) in [5, 5.41) is 4.06. The van der Waals surface area contributed by atoms with Crippen LogP contribution in [-0.4, -0.2) is 16.4 Å². The minimum atomic E-state index is -0.258. The lowest BCUT2D eigenvalue weighted by molar-refractivity contribution is 0.0887. The third-order valence-corrected chi connectivity index (χ3v) is 3.31. The van der Waals surface area contributed by atoms with Crippen molar-refractivity contribution in [2.75, 3.05) is 5.73 Å². The number of rotatable bonds is 3. The van der Waals surface area contributed by atoms with Crippen LogP contribution in [0.2, 0.25) is 0 Å². The zero-order valence-electron chi connectivity index (χ0n) is 13.5. The van der Waals surface area contributed by atoms with E-state index < -0.39 is 0 Å². The second-order valence-corrected chi connectivity index (χ2v) is 7.61. The Bertz CT molecular complexity index is 662. The summed E-state index contributed by atoms with van der Waals surface area (Å²) in [5.41, 5.74) is 7.85. The van der Waals surface area contributed by atoms with Gasteiger partial charge in [0.15, 0.2) is 0 Å². The second kappa shape index (κ2) is 5.10. The van der Waals surface area contributed by atoms with Crippen LogP contribution in [0, 0.1) is 5.41 Å². The summed E-state index contributed by atoms with van der Waals surface area (Å²) in [6, 6.07) is 7.42. The van der Waals surface area contributed by atoms with E-state index in [1.807, 2.05) is 24.3 Å². The summed E-state index contributed by atoms with van der Waals surface area (Å²) in [5.74, 6) is -0.0842. The van der Waals surface area contributed by atoms with Crippen LogP contribution in [-0.2, 0) is 0 Å². The van der Waals surface area contributed by atoms with Gasteiger partial charge < -0.3 is 16.0 Å². The van der Waals surface area contributed by atoms with E-state index >= 15 is 0 Å². The third-order valence-electron chi connectivity index (χ3n) is 3.31. The van der Waals surface area contributed by atoms with Crippen LogP contribution in [0.4, 0.5) is 5.69 Å². The van der Waals surface area contributed by atoms with Crippen molar-refractivity contribution in [3.8, 4) is 0 Å². The average Bonchev–Trinajstić information content (AvgIpc) is 2.67. The molecule has 0 unspecified atom stereocenters. The number of benzene rings is 1. The first kappa shape index (κ1) is 15.4. The highest BCUT2D eigenvalue weighted by atomic mass is 16.2. The number of nitrogen functional groups attached to an aromatic ring is 1. The minimum absolute atomic E-state index is 0.0842. The van der Waals surface area contributed by atoms with E-state index in [0.29, 0.717) is 11.4 Å². The molecule has 4 heteroatoms. The van der Waals surface area contributed by atoms with Crippen molar-refractivity contribution in [2.45, 2.75) is 46.6 Å². The molecule has 0 saturated heterocycles. The van der Waals surface area contributed by atoms with E-state index in [9.17, 15) is 4.79 Å². The van der Waals surface area contributed by atoms with Gasteiger partial charge in [0.05, 0.1) is 0 Å². The predicted octanol–water partition coefficient (Wildman–Crippen LogP) is 3.69. The van der Waals surface area contributed by atoms with E-state index in [1.165, 1.54) is 0 Å². The summed E-state index contributed by atoms with van der Waals surface area (Å²) < 4.78 is 0. The number of amides is 1. The molecule has 4 nitrogen and oxygen atoms in total. The standard InChI is InChI=1S/C17H25N3O/c1-16(2,3)10-17(4,5)20-15(21)14-9-11-8-12(18)6-7-13(11)19-14/h6-9,19H,10,18H2,1-5H3,(H,20,21). The van der Waals surface area contributed by atoms with Gasteiger partial charge in [-0.2, -0.15) is 0 Å². The molecule has 21 heavy (non-hydrogen) atoms. The van der Waals surface area contributed by atoms with Crippen LogP contribution in [0.25, 0.3) is 10.9 Å². The van der Waals surface area contributed by atoms with Crippen LogP contribution in [0.15, 0.2) is 24.3 Å². The summed E-state index contributed by atoms with van der Waals surface area (Å²) in [4.78, 5) is 15.6. The Labute approximate surface area is 126 Å². The van der Waals surface area contributed by atoms with Crippen LogP contribution in [0.5, 0.6) is 0 Å². The van der Waals surface area contributed by atoms with Crippen LogP contribution < -0.4 is 11.1 Å². The number of hydrogen-bond donors (Lipinski definition) is 3. The molecule has 0 aliphatic rings. The number of carbonyl (C=O) groups is 1. The smallest absolute Gasteiger partial charge is 0.268 e. The average molecular weight is 287 g/mol. The normalized spacial score (nSPS) is 12.6. The summed E-state index contributed by atoms with van der Waals surface area (Å²) in [6.45, 7) is 10.6. The Kier molecular flexibility index (Phi) is 3.74. The maximum atomic E-state index is 12.4. The SMILES string of the molecule is CC(C)(C)CC(C)(C)NC(=O)c1cc2cc(N)ccc2[nH]1. The Morgan fingerprint density at radius 1 is 1.19 bits per heavy atom. The van der Waals surface area contributed by atoms with E-state index in [4.69, 9.17) is 5.73 Å². The Morgan fingerprint density at radius 3 is 2.48 bits per heavy atom. The monoisotopic (exact) mass is 287 g/mol. The van der Waals surface area contributed by atoms with Crippen molar-refractivity contribution in [1.29, 1.82) is 0 Å². The molecular weight excluding hydrogens is 262 g/mol. The Hall–Kier alpha value is -1.97. The van der Waals surface area contributed by atoms with E-state index in [0.717, 1.165) is 17.3 Å². The van der Waals surface area contributed by atoms with Crippen molar-refractivity contribution in [3.63, 3.8) is 0 Å². The molecule has 0 aliphatic heterocycles. The van der Waals surface area contributed by atoms with Crippen LogP contribution in [0.1, 0.15) is 51.5 Å². The van der Waals surface area contributed by atoms with Gasteiger partial charge in [0.1, 0.15) is 5.69 Å². The fraction of sp³-hybridized carbons (Fsp3) is 0.471. The van der Waals surface area contributed by atoms with Gasteiger partial charge in [-0.1, -0.05) is 20.8 Å². The van der Waals surface area contributed by atoms with Gasteiger partial charge in [0, 0.05) is 22.1 Å². The quantitative estimate of drug-likeness (QED) is 0.753. The highest BCUT2D eigenvalue weighted by molar-refractivity contribution is 5.98. The highest BCUT2D eigenvalue weighted by Crippen LogP contribution is 2.27. The second-order valence-electron chi connectivity index (χ2n) is 7.61. The van der Waals surface area contributed by atoms with Crippen molar-refractivity contribution < 1.29 is 4.79 Å². The van der Waals surface area contributed by atoms with Gasteiger partial charge in [-0.05, 0) is 49.9 Å². The molecule has 4 N–H and O–H groups in total. The van der Waals surface area contributed by atoms with Crippen molar-refractivity contribution in [3.05, 3.63) is 30.0 Å². The summed E-state index contributed by atoms with van der Waals surface area (Å²) >= 11 is 0. The van der Waals surface area contributed by atoms with E-state index in [2.05, 4.69) is 44.9 Å². The molecule has 1 aromatic heterocycles. The molecule has 0 saturated carbocycles. The number of aromatic amines is 1. The number of aromatic nitrogens is 1. The number of carbonyl (C=O) groups excluding carboxylic acids is 1. The Morgan fingerprint density at radius 2 is 1.86 bits per heavy atom.